The van der Waals surface area contributed by atoms with Gasteiger partial charge in [0, 0.05) is 13.6 Å². The van der Waals surface area contributed by atoms with Crippen LogP contribution in [0.2, 0.25) is 0 Å². The van der Waals surface area contributed by atoms with Gasteiger partial charge in [-0.15, -0.1) is 0 Å². The first-order valence-electron chi connectivity index (χ1n) is 6.71. The predicted molar refractivity (Wildman–Crippen MR) is 73.5 cm³/mol. The topological polar surface area (TPSA) is 72.9 Å². The third kappa shape index (κ3) is 3.48. The lowest BCUT2D eigenvalue weighted by molar-refractivity contribution is 0.0944. The number of anilines is 1. The Balaban J connectivity index is 2.54. The standard InChI is InChI=1S/C13H24N4O/c1-4-6-7-8-9-15-13(18)12-11(14)10(5-2)16-17(12)3/h4-9,14H2,1-3H3,(H,15,18). The number of hydrogen-bond donors (Lipinski definition) is 2. The molecule has 0 aliphatic carbocycles. The van der Waals surface area contributed by atoms with Gasteiger partial charge in [-0.3, -0.25) is 9.48 Å². The zero-order valence-corrected chi connectivity index (χ0v) is 11.6. The summed E-state index contributed by atoms with van der Waals surface area (Å²) in [5, 5.41) is 7.14. The Bertz CT molecular complexity index is 398. The molecule has 0 bridgehead atoms. The average Bonchev–Trinajstić information content (AvgIpc) is 2.63. The molecule has 1 heterocycles. The number of rotatable bonds is 7. The van der Waals surface area contributed by atoms with Crippen molar-refractivity contribution in [2.24, 2.45) is 7.05 Å². The van der Waals surface area contributed by atoms with Crippen LogP contribution in [0, 0.1) is 0 Å². The summed E-state index contributed by atoms with van der Waals surface area (Å²) in [6.45, 7) is 4.84. The van der Waals surface area contributed by atoms with E-state index in [9.17, 15) is 4.79 Å². The predicted octanol–water partition coefficient (Wildman–Crippen LogP) is 1.87. The van der Waals surface area contributed by atoms with Crippen LogP contribution in [0.4, 0.5) is 5.69 Å². The van der Waals surface area contributed by atoms with E-state index in [1.54, 1.807) is 11.7 Å². The molecule has 102 valence electrons. The maximum absolute atomic E-state index is 12.0. The number of nitrogens with two attached hydrogens (primary N) is 1. The molecular weight excluding hydrogens is 228 g/mol. The smallest absolute Gasteiger partial charge is 0.271 e. The minimum Gasteiger partial charge on any atom is -0.395 e. The van der Waals surface area contributed by atoms with E-state index in [1.165, 1.54) is 12.8 Å². The van der Waals surface area contributed by atoms with E-state index < -0.39 is 0 Å². The number of nitrogens with zero attached hydrogens (tertiary/aromatic N) is 2. The van der Waals surface area contributed by atoms with Crippen LogP contribution < -0.4 is 11.1 Å². The number of carbonyl (C=O) groups excluding carboxylic acids is 1. The van der Waals surface area contributed by atoms with Gasteiger partial charge < -0.3 is 11.1 Å². The molecule has 0 spiro atoms. The Morgan fingerprint density at radius 3 is 2.61 bits per heavy atom. The van der Waals surface area contributed by atoms with Crippen LogP contribution in [0.3, 0.4) is 0 Å². The van der Waals surface area contributed by atoms with Gasteiger partial charge in [0.2, 0.25) is 0 Å². The first kappa shape index (κ1) is 14.5. The number of amides is 1. The Labute approximate surface area is 109 Å². The molecule has 0 aromatic carbocycles. The second-order valence-electron chi connectivity index (χ2n) is 4.50. The minimum atomic E-state index is -0.126. The zero-order valence-electron chi connectivity index (χ0n) is 11.6. The monoisotopic (exact) mass is 252 g/mol. The van der Waals surface area contributed by atoms with Crippen LogP contribution in [0.15, 0.2) is 0 Å². The largest absolute Gasteiger partial charge is 0.395 e. The summed E-state index contributed by atoms with van der Waals surface area (Å²) in [6, 6.07) is 0. The summed E-state index contributed by atoms with van der Waals surface area (Å²) in [6.07, 6.45) is 5.31. The summed E-state index contributed by atoms with van der Waals surface area (Å²) in [5.41, 5.74) is 7.69. The Hall–Kier alpha value is -1.52. The molecular formula is C13H24N4O. The Morgan fingerprint density at radius 1 is 1.33 bits per heavy atom. The molecule has 1 aromatic rings. The van der Waals surface area contributed by atoms with Crippen molar-refractivity contribution in [3.8, 4) is 0 Å². The van der Waals surface area contributed by atoms with E-state index in [1.807, 2.05) is 6.92 Å². The molecule has 0 radical (unpaired) electrons. The normalized spacial score (nSPS) is 10.6. The number of hydrogen-bond acceptors (Lipinski definition) is 3. The van der Waals surface area contributed by atoms with Crippen LogP contribution in [0.25, 0.3) is 0 Å². The molecule has 18 heavy (non-hydrogen) atoms. The highest BCUT2D eigenvalue weighted by Crippen LogP contribution is 2.16. The summed E-state index contributed by atoms with van der Waals surface area (Å²) in [5.74, 6) is -0.126. The van der Waals surface area contributed by atoms with Gasteiger partial charge in [-0.25, -0.2) is 0 Å². The van der Waals surface area contributed by atoms with E-state index in [4.69, 9.17) is 5.73 Å². The second-order valence-corrected chi connectivity index (χ2v) is 4.50. The summed E-state index contributed by atoms with van der Waals surface area (Å²) < 4.78 is 1.57. The summed E-state index contributed by atoms with van der Waals surface area (Å²) in [4.78, 5) is 12.0. The van der Waals surface area contributed by atoms with Crippen LogP contribution in [-0.2, 0) is 13.5 Å². The van der Waals surface area contributed by atoms with Gasteiger partial charge in [0.1, 0.15) is 5.69 Å². The second kappa shape index (κ2) is 7.03. The van der Waals surface area contributed by atoms with Crippen LogP contribution >= 0.6 is 0 Å². The van der Waals surface area contributed by atoms with Gasteiger partial charge in [-0.1, -0.05) is 33.1 Å². The molecule has 1 aromatic heterocycles. The lowest BCUT2D eigenvalue weighted by Gasteiger charge is -2.06. The first-order chi connectivity index (χ1) is 8.61. The van der Waals surface area contributed by atoms with E-state index in [2.05, 4.69) is 17.3 Å². The maximum atomic E-state index is 12.0. The van der Waals surface area contributed by atoms with Crippen molar-refractivity contribution in [3.63, 3.8) is 0 Å². The molecule has 5 heteroatoms. The molecule has 1 rings (SSSR count). The van der Waals surface area contributed by atoms with Crippen LogP contribution in [0.5, 0.6) is 0 Å². The van der Waals surface area contributed by atoms with Crippen molar-refractivity contribution in [3.05, 3.63) is 11.4 Å². The van der Waals surface area contributed by atoms with Crippen molar-refractivity contribution in [1.29, 1.82) is 0 Å². The summed E-state index contributed by atoms with van der Waals surface area (Å²) in [7, 11) is 1.75. The minimum absolute atomic E-state index is 0.126. The third-order valence-corrected chi connectivity index (χ3v) is 3.03. The molecule has 0 fully saturated rings. The molecule has 5 nitrogen and oxygen atoms in total. The zero-order chi connectivity index (χ0) is 13.5. The molecule has 0 atom stereocenters. The number of unbranched alkanes of at least 4 members (excludes halogenated alkanes) is 3. The fourth-order valence-electron chi connectivity index (χ4n) is 1.96. The SMILES string of the molecule is CCCCCCNC(=O)c1c(N)c(CC)nn1C. The first-order valence-corrected chi connectivity index (χ1v) is 6.71. The molecule has 0 saturated carbocycles. The fraction of sp³-hybridized carbons (Fsp3) is 0.692. The molecule has 0 aliphatic rings. The molecule has 0 unspecified atom stereocenters. The quantitative estimate of drug-likeness (QED) is 0.728. The number of nitrogens with one attached hydrogen (secondary N) is 1. The number of nitrogen functional groups attached to an aromatic ring is 1. The van der Waals surface area contributed by atoms with Gasteiger partial charge in [0.05, 0.1) is 11.4 Å². The maximum Gasteiger partial charge on any atom is 0.271 e. The van der Waals surface area contributed by atoms with Crippen molar-refractivity contribution in [1.82, 2.24) is 15.1 Å². The highest BCUT2D eigenvalue weighted by Gasteiger charge is 2.18. The van der Waals surface area contributed by atoms with Crippen molar-refractivity contribution in [2.45, 2.75) is 46.0 Å². The lowest BCUT2D eigenvalue weighted by Crippen LogP contribution is -2.27. The third-order valence-electron chi connectivity index (χ3n) is 3.03. The van der Waals surface area contributed by atoms with E-state index in [0.29, 0.717) is 17.9 Å². The highest BCUT2D eigenvalue weighted by molar-refractivity contribution is 5.97. The van der Waals surface area contributed by atoms with Crippen molar-refractivity contribution in [2.75, 3.05) is 12.3 Å². The highest BCUT2D eigenvalue weighted by atomic mass is 16.2. The molecule has 0 saturated heterocycles. The molecule has 0 aliphatic heterocycles. The van der Waals surface area contributed by atoms with Crippen molar-refractivity contribution >= 4 is 11.6 Å². The fourth-order valence-corrected chi connectivity index (χ4v) is 1.96. The van der Waals surface area contributed by atoms with Crippen molar-refractivity contribution < 1.29 is 4.79 Å². The average molecular weight is 252 g/mol. The van der Waals surface area contributed by atoms with Crippen LogP contribution in [0.1, 0.15) is 55.7 Å². The lowest BCUT2D eigenvalue weighted by atomic mass is 10.2. The molecule has 3 N–H and O–H groups in total. The Morgan fingerprint density at radius 2 is 2.06 bits per heavy atom. The van der Waals surface area contributed by atoms with Gasteiger partial charge in [-0.05, 0) is 12.8 Å². The van der Waals surface area contributed by atoms with E-state index >= 15 is 0 Å². The Kier molecular flexibility index (Phi) is 5.68. The van der Waals surface area contributed by atoms with Gasteiger partial charge in [0.25, 0.3) is 5.91 Å². The number of carbonyl (C=O) groups is 1. The van der Waals surface area contributed by atoms with Gasteiger partial charge in [0.15, 0.2) is 0 Å². The number of aromatic nitrogens is 2. The van der Waals surface area contributed by atoms with E-state index in [-0.39, 0.29) is 5.91 Å². The van der Waals surface area contributed by atoms with Crippen LogP contribution in [-0.4, -0.2) is 22.2 Å². The summed E-state index contributed by atoms with van der Waals surface area (Å²) >= 11 is 0. The molecule has 1 amide bonds. The van der Waals surface area contributed by atoms with Gasteiger partial charge in [-0.2, -0.15) is 5.10 Å². The van der Waals surface area contributed by atoms with E-state index in [0.717, 1.165) is 25.0 Å². The van der Waals surface area contributed by atoms with Gasteiger partial charge >= 0.3 is 0 Å². The number of aryl methyl sites for hydroxylation is 2.